The first-order valence-corrected chi connectivity index (χ1v) is 6.76. The van der Waals surface area contributed by atoms with Crippen molar-refractivity contribution >= 4 is 0 Å². The number of piperazine rings is 1. The first-order valence-electron chi connectivity index (χ1n) is 6.76. The molecule has 1 N–H and O–H groups in total. The Morgan fingerprint density at radius 2 is 2.22 bits per heavy atom. The molecule has 18 heavy (non-hydrogen) atoms. The summed E-state index contributed by atoms with van der Waals surface area (Å²) >= 11 is 0. The summed E-state index contributed by atoms with van der Waals surface area (Å²) in [5, 5.41) is 7.37. The molecule has 2 aliphatic heterocycles. The third-order valence-electron chi connectivity index (χ3n) is 3.51. The molecule has 2 aliphatic rings. The lowest BCUT2D eigenvalue weighted by molar-refractivity contribution is 0.109. The van der Waals surface area contributed by atoms with Gasteiger partial charge in [-0.05, 0) is 12.8 Å². The zero-order chi connectivity index (χ0) is 12.2. The van der Waals surface area contributed by atoms with Gasteiger partial charge >= 0.3 is 0 Å². The summed E-state index contributed by atoms with van der Waals surface area (Å²) in [7, 11) is 0. The van der Waals surface area contributed by atoms with Crippen LogP contribution in [0.1, 0.15) is 24.6 Å². The van der Waals surface area contributed by atoms with Crippen LogP contribution >= 0.6 is 0 Å². The van der Waals surface area contributed by atoms with E-state index in [9.17, 15) is 0 Å². The van der Waals surface area contributed by atoms with Crippen LogP contribution in [-0.4, -0.2) is 53.9 Å². The number of nitrogens with one attached hydrogen (secondary N) is 1. The molecule has 1 atom stereocenters. The van der Waals surface area contributed by atoms with Gasteiger partial charge in [-0.2, -0.15) is 4.98 Å². The highest BCUT2D eigenvalue weighted by molar-refractivity contribution is 4.90. The van der Waals surface area contributed by atoms with Gasteiger partial charge in [0.05, 0.1) is 12.6 Å². The van der Waals surface area contributed by atoms with Gasteiger partial charge in [0.2, 0.25) is 5.89 Å². The van der Waals surface area contributed by atoms with Crippen molar-refractivity contribution < 1.29 is 9.26 Å². The molecule has 2 saturated heterocycles. The Morgan fingerprint density at radius 3 is 3.00 bits per heavy atom. The van der Waals surface area contributed by atoms with E-state index >= 15 is 0 Å². The molecular formula is C12H20N4O2. The molecule has 2 fully saturated rings. The lowest BCUT2D eigenvalue weighted by atomic mass is 10.2. The van der Waals surface area contributed by atoms with Crippen molar-refractivity contribution in [3.63, 3.8) is 0 Å². The Kier molecular flexibility index (Phi) is 3.87. The summed E-state index contributed by atoms with van der Waals surface area (Å²) in [5.74, 6) is 1.51. The molecule has 0 aromatic carbocycles. The Hall–Kier alpha value is -0.980. The molecule has 3 heterocycles. The minimum absolute atomic E-state index is 0.287. The second-order valence-corrected chi connectivity index (χ2v) is 4.97. The van der Waals surface area contributed by atoms with E-state index in [4.69, 9.17) is 9.26 Å². The van der Waals surface area contributed by atoms with Crippen LogP contribution in [0.15, 0.2) is 4.52 Å². The van der Waals surface area contributed by atoms with Crippen molar-refractivity contribution in [2.45, 2.75) is 31.9 Å². The molecule has 3 rings (SSSR count). The summed E-state index contributed by atoms with van der Waals surface area (Å²) in [5.41, 5.74) is 0. The van der Waals surface area contributed by atoms with E-state index in [0.717, 1.165) is 70.3 Å². The van der Waals surface area contributed by atoms with Gasteiger partial charge in [-0.1, -0.05) is 5.16 Å². The molecule has 6 nitrogen and oxygen atoms in total. The molecule has 0 bridgehead atoms. The molecule has 100 valence electrons. The number of nitrogens with zero attached hydrogens (tertiary/aromatic N) is 3. The fourth-order valence-corrected chi connectivity index (χ4v) is 2.51. The lowest BCUT2D eigenvalue weighted by Gasteiger charge is -2.25. The van der Waals surface area contributed by atoms with E-state index in [-0.39, 0.29) is 6.10 Å². The summed E-state index contributed by atoms with van der Waals surface area (Å²) < 4.78 is 10.9. The summed E-state index contributed by atoms with van der Waals surface area (Å²) in [6.45, 7) is 5.80. The largest absolute Gasteiger partial charge is 0.378 e. The van der Waals surface area contributed by atoms with Gasteiger partial charge in [-0.15, -0.1) is 0 Å². The molecule has 0 aliphatic carbocycles. The zero-order valence-electron chi connectivity index (χ0n) is 10.6. The summed E-state index contributed by atoms with van der Waals surface area (Å²) in [4.78, 5) is 6.78. The molecular weight excluding hydrogens is 232 g/mol. The van der Waals surface area contributed by atoms with Crippen molar-refractivity contribution in [1.82, 2.24) is 20.4 Å². The zero-order valence-corrected chi connectivity index (χ0v) is 10.6. The smallest absolute Gasteiger partial charge is 0.240 e. The van der Waals surface area contributed by atoms with Gasteiger partial charge < -0.3 is 14.6 Å². The number of hydrogen-bond acceptors (Lipinski definition) is 6. The van der Waals surface area contributed by atoms with E-state index in [1.807, 2.05) is 0 Å². The van der Waals surface area contributed by atoms with E-state index < -0.39 is 0 Å². The van der Waals surface area contributed by atoms with Crippen LogP contribution in [0.25, 0.3) is 0 Å². The maximum Gasteiger partial charge on any atom is 0.240 e. The van der Waals surface area contributed by atoms with Crippen molar-refractivity contribution in [3.05, 3.63) is 11.7 Å². The van der Waals surface area contributed by atoms with Crippen molar-refractivity contribution in [2.75, 3.05) is 32.8 Å². The Balaban J connectivity index is 1.52. The standard InChI is InChI=1S/C12H20N4O2/c1-2-10(17-7-1)8-11-14-12(18-15-11)9-16-5-3-13-4-6-16/h10,13H,1-9H2. The highest BCUT2D eigenvalue weighted by Gasteiger charge is 2.20. The number of ether oxygens (including phenoxy) is 1. The van der Waals surface area contributed by atoms with E-state index in [1.165, 1.54) is 0 Å². The molecule has 1 aromatic heterocycles. The monoisotopic (exact) mass is 252 g/mol. The van der Waals surface area contributed by atoms with E-state index in [2.05, 4.69) is 20.4 Å². The molecule has 1 unspecified atom stereocenters. The Labute approximate surface area is 107 Å². The van der Waals surface area contributed by atoms with Crippen LogP contribution in [0.5, 0.6) is 0 Å². The van der Waals surface area contributed by atoms with Crippen LogP contribution in [0, 0.1) is 0 Å². The lowest BCUT2D eigenvalue weighted by Crippen LogP contribution is -2.42. The number of hydrogen-bond donors (Lipinski definition) is 1. The molecule has 0 saturated carbocycles. The van der Waals surface area contributed by atoms with Crippen molar-refractivity contribution in [3.8, 4) is 0 Å². The van der Waals surface area contributed by atoms with Gasteiger partial charge in [-0.25, -0.2) is 0 Å². The third-order valence-corrected chi connectivity index (χ3v) is 3.51. The minimum Gasteiger partial charge on any atom is -0.378 e. The Morgan fingerprint density at radius 1 is 1.33 bits per heavy atom. The van der Waals surface area contributed by atoms with Gasteiger partial charge in [0.25, 0.3) is 0 Å². The van der Waals surface area contributed by atoms with Crippen LogP contribution < -0.4 is 5.32 Å². The normalized spacial score (nSPS) is 25.7. The van der Waals surface area contributed by atoms with Crippen LogP contribution in [-0.2, 0) is 17.7 Å². The van der Waals surface area contributed by atoms with E-state index in [0.29, 0.717) is 0 Å². The SMILES string of the molecule is C1COC(Cc2noc(CN3CCNCC3)n2)C1. The van der Waals surface area contributed by atoms with Gasteiger partial charge in [-0.3, -0.25) is 4.90 Å². The first kappa shape index (κ1) is 12.1. The maximum atomic E-state index is 5.58. The molecule has 6 heteroatoms. The third kappa shape index (κ3) is 3.07. The second kappa shape index (κ2) is 5.77. The molecule has 0 radical (unpaired) electrons. The topological polar surface area (TPSA) is 63.4 Å². The number of aromatic nitrogens is 2. The summed E-state index contributed by atoms with van der Waals surface area (Å²) in [6, 6.07) is 0. The average Bonchev–Trinajstić information content (AvgIpc) is 3.03. The molecule has 0 amide bonds. The molecule has 0 spiro atoms. The highest BCUT2D eigenvalue weighted by Crippen LogP contribution is 2.16. The Bertz CT molecular complexity index is 370. The summed E-state index contributed by atoms with van der Waals surface area (Å²) in [6.07, 6.45) is 3.33. The van der Waals surface area contributed by atoms with E-state index in [1.54, 1.807) is 0 Å². The number of rotatable bonds is 4. The fourth-order valence-electron chi connectivity index (χ4n) is 2.51. The second-order valence-electron chi connectivity index (χ2n) is 4.97. The van der Waals surface area contributed by atoms with Crippen molar-refractivity contribution in [1.29, 1.82) is 0 Å². The van der Waals surface area contributed by atoms with Crippen LogP contribution in [0.3, 0.4) is 0 Å². The predicted molar refractivity (Wildman–Crippen MR) is 65.1 cm³/mol. The van der Waals surface area contributed by atoms with Gasteiger partial charge in [0.1, 0.15) is 0 Å². The quantitative estimate of drug-likeness (QED) is 0.825. The fraction of sp³-hybridized carbons (Fsp3) is 0.833. The van der Waals surface area contributed by atoms with Crippen LogP contribution in [0.2, 0.25) is 0 Å². The molecule has 1 aromatic rings. The van der Waals surface area contributed by atoms with Gasteiger partial charge in [0.15, 0.2) is 5.82 Å². The maximum absolute atomic E-state index is 5.58. The first-order chi connectivity index (χ1) is 8.90. The van der Waals surface area contributed by atoms with Gasteiger partial charge in [0, 0.05) is 39.2 Å². The predicted octanol–water partition coefficient (Wildman–Crippen LogP) is 0.196. The van der Waals surface area contributed by atoms with Crippen LogP contribution in [0.4, 0.5) is 0 Å². The highest BCUT2D eigenvalue weighted by atomic mass is 16.5. The average molecular weight is 252 g/mol. The van der Waals surface area contributed by atoms with Crippen molar-refractivity contribution in [2.24, 2.45) is 0 Å². The minimum atomic E-state index is 0.287.